The fourth-order valence-corrected chi connectivity index (χ4v) is 3.11. The Kier molecular flexibility index (Phi) is 7.24. The third kappa shape index (κ3) is 5.99. The predicted octanol–water partition coefficient (Wildman–Crippen LogP) is 2.84. The Morgan fingerprint density at radius 3 is 2.41 bits per heavy atom. The van der Waals surface area contributed by atoms with Crippen molar-refractivity contribution in [2.45, 2.75) is 19.8 Å². The SMILES string of the molecule is CCOc1ccccc1CCCNC(=O)c1ccc(N(C)S(C)(=O)=O)cc1. The van der Waals surface area contributed by atoms with Crippen LogP contribution in [0.5, 0.6) is 5.75 Å². The maximum atomic E-state index is 12.2. The van der Waals surface area contributed by atoms with Crippen LogP contribution in [0.15, 0.2) is 48.5 Å². The molecular weight excluding hydrogens is 364 g/mol. The minimum absolute atomic E-state index is 0.179. The zero-order chi connectivity index (χ0) is 19.9. The van der Waals surface area contributed by atoms with Crippen LogP contribution in [0.25, 0.3) is 0 Å². The summed E-state index contributed by atoms with van der Waals surface area (Å²) in [6.07, 6.45) is 2.75. The van der Waals surface area contributed by atoms with Gasteiger partial charge in [-0.15, -0.1) is 0 Å². The third-order valence-electron chi connectivity index (χ3n) is 4.17. The summed E-state index contributed by atoms with van der Waals surface area (Å²) < 4.78 is 29.9. The fraction of sp³-hybridized carbons (Fsp3) is 0.350. The number of carbonyl (C=O) groups is 1. The normalized spacial score (nSPS) is 11.1. The number of carbonyl (C=O) groups excluding carboxylic acids is 1. The van der Waals surface area contributed by atoms with E-state index in [0.29, 0.717) is 24.4 Å². The van der Waals surface area contributed by atoms with E-state index in [1.165, 1.54) is 11.4 Å². The van der Waals surface area contributed by atoms with E-state index in [1.807, 2.05) is 31.2 Å². The number of rotatable bonds is 9. The number of benzene rings is 2. The van der Waals surface area contributed by atoms with Gasteiger partial charge in [0.2, 0.25) is 10.0 Å². The van der Waals surface area contributed by atoms with Crippen molar-refractivity contribution in [2.75, 3.05) is 30.8 Å². The molecule has 2 aromatic carbocycles. The summed E-state index contributed by atoms with van der Waals surface area (Å²) in [4.78, 5) is 12.2. The third-order valence-corrected chi connectivity index (χ3v) is 5.38. The van der Waals surface area contributed by atoms with Crippen LogP contribution >= 0.6 is 0 Å². The largest absolute Gasteiger partial charge is 0.494 e. The van der Waals surface area contributed by atoms with Crippen molar-refractivity contribution in [1.29, 1.82) is 0 Å². The highest BCUT2D eigenvalue weighted by Gasteiger charge is 2.12. The first-order chi connectivity index (χ1) is 12.8. The number of hydrogen-bond acceptors (Lipinski definition) is 4. The number of nitrogens with one attached hydrogen (secondary N) is 1. The average molecular weight is 391 g/mol. The lowest BCUT2D eigenvalue weighted by Gasteiger charge is -2.16. The van der Waals surface area contributed by atoms with Crippen LogP contribution in [-0.4, -0.2) is 40.8 Å². The molecule has 0 spiro atoms. The topological polar surface area (TPSA) is 75.7 Å². The molecular formula is C20H26N2O4S. The van der Waals surface area contributed by atoms with E-state index in [9.17, 15) is 13.2 Å². The Labute approximate surface area is 161 Å². The Bertz CT molecular complexity index is 864. The summed E-state index contributed by atoms with van der Waals surface area (Å²) >= 11 is 0. The highest BCUT2D eigenvalue weighted by atomic mass is 32.2. The molecule has 0 heterocycles. The number of nitrogens with zero attached hydrogens (tertiary/aromatic N) is 1. The Morgan fingerprint density at radius 2 is 1.78 bits per heavy atom. The fourth-order valence-electron chi connectivity index (χ4n) is 2.60. The lowest BCUT2D eigenvalue weighted by atomic mass is 10.1. The van der Waals surface area contributed by atoms with Gasteiger partial charge in [0.15, 0.2) is 0 Å². The molecule has 0 atom stereocenters. The number of anilines is 1. The zero-order valence-corrected chi connectivity index (χ0v) is 16.8. The van der Waals surface area contributed by atoms with Gasteiger partial charge in [0.05, 0.1) is 18.6 Å². The number of aryl methyl sites for hydroxylation is 1. The number of para-hydroxylation sites is 1. The van der Waals surface area contributed by atoms with E-state index in [-0.39, 0.29) is 5.91 Å². The molecule has 146 valence electrons. The molecule has 7 heteroatoms. The second-order valence-electron chi connectivity index (χ2n) is 6.18. The van der Waals surface area contributed by atoms with Gasteiger partial charge in [0.1, 0.15) is 5.75 Å². The van der Waals surface area contributed by atoms with Crippen molar-refractivity contribution in [3.8, 4) is 5.75 Å². The molecule has 0 aliphatic rings. The molecule has 0 fully saturated rings. The highest BCUT2D eigenvalue weighted by Crippen LogP contribution is 2.19. The number of amides is 1. The predicted molar refractivity (Wildman–Crippen MR) is 108 cm³/mol. The highest BCUT2D eigenvalue weighted by molar-refractivity contribution is 7.92. The number of hydrogen-bond donors (Lipinski definition) is 1. The Morgan fingerprint density at radius 1 is 1.11 bits per heavy atom. The minimum atomic E-state index is -3.32. The molecule has 2 aromatic rings. The van der Waals surface area contributed by atoms with Gasteiger partial charge in [-0.3, -0.25) is 9.10 Å². The monoisotopic (exact) mass is 390 g/mol. The molecule has 2 rings (SSSR count). The van der Waals surface area contributed by atoms with Crippen molar-refractivity contribution in [1.82, 2.24) is 5.32 Å². The second kappa shape index (κ2) is 9.41. The van der Waals surface area contributed by atoms with Crippen molar-refractivity contribution >= 4 is 21.6 Å². The van der Waals surface area contributed by atoms with E-state index in [1.54, 1.807) is 24.3 Å². The van der Waals surface area contributed by atoms with E-state index in [2.05, 4.69) is 5.32 Å². The maximum Gasteiger partial charge on any atom is 0.251 e. The maximum absolute atomic E-state index is 12.2. The van der Waals surface area contributed by atoms with Gasteiger partial charge in [-0.25, -0.2) is 8.42 Å². The molecule has 1 N–H and O–H groups in total. The molecule has 0 radical (unpaired) electrons. The van der Waals surface area contributed by atoms with Crippen molar-refractivity contribution in [2.24, 2.45) is 0 Å². The lowest BCUT2D eigenvalue weighted by Crippen LogP contribution is -2.26. The van der Waals surface area contributed by atoms with Gasteiger partial charge in [-0.05, 0) is 55.7 Å². The van der Waals surface area contributed by atoms with Crippen LogP contribution in [-0.2, 0) is 16.4 Å². The quantitative estimate of drug-likeness (QED) is 0.668. The van der Waals surface area contributed by atoms with Crippen LogP contribution in [0.4, 0.5) is 5.69 Å². The molecule has 0 aliphatic heterocycles. The Hall–Kier alpha value is -2.54. The van der Waals surface area contributed by atoms with E-state index in [4.69, 9.17) is 4.74 Å². The van der Waals surface area contributed by atoms with Crippen LogP contribution in [0.3, 0.4) is 0 Å². The van der Waals surface area contributed by atoms with E-state index >= 15 is 0 Å². The van der Waals surface area contributed by atoms with Gasteiger partial charge < -0.3 is 10.1 Å². The smallest absolute Gasteiger partial charge is 0.251 e. The van der Waals surface area contributed by atoms with E-state index < -0.39 is 10.0 Å². The first kappa shape index (κ1) is 20.8. The zero-order valence-electron chi connectivity index (χ0n) is 15.9. The van der Waals surface area contributed by atoms with E-state index in [0.717, 1.165) is 30.4 Å². The van der Waals surface area contributed by atoms with Gasteiger partial charge in [0, 0.05) is 19.2 Å². The average Bonchev–Trinajstić information content (AvgIpc) is 2.65. The van der Waals surface area contributed by atoms with Gasteiger partial charge in [-0.1, -0.05) is 18.2 Å². The van der Waals surface area contributed by atoms with Crippen molar-refractivity contribution < 1.29 is 17.9 Å². The molecule has 0 aliphatic carbocycles. The molecule has 27 heavy (non-hydrogen) atoms. The van der Waals surface area contributed by atoms with Crippen molar-refractivity contribution in [3.05, 3.63) is 59.7 Å². The minimum Gasteiger partial charge on any atom is -0.494 e. The molecule has 0 aromatic heterocycles. The molecule has 1 amide bonds. The molecule has 0 bridgehead atoms. The summed E-state index contributed by atoms with van der Waals surface area (Å²) in [5.41, 5.74) is 2.14. The molecule has 0 unspecified atom stereocenters. The van der Waals surface area contributed by atoms with Crippen molar-refractivity contribution in [3.63, 3.8) is 0 Å². The second-order valence-corrected chi connectivity index (χ2v) is 8.19. The molecule has 0 saturated carbocycles. The number of ether oxygens (including phenoxy) is 1. The lowest BCUT2D eigenvalue weighted by molar-refractivity contribution is 0.0953. The first-order valence-corrected chi connectivity index (χ1v) is 10.7. The van der Waals surface area contributed by atoms with Gasteiger partial charge >= 0.3 is 0 Å². The van der Waals surface area contributed by atoms with Crippen LogP contribution in [0.2, 0.25) is 0 Å². The molecule has 0 saturated heterocycles. The summed E-state index contributed by atoms with van der Waals surface area (Å²) in [6, 6.07) is 14.4. The Balaban J connectivity index is 1.86. The van der Waals surface area contributed by atoms with Crippen LogP contribution in [0, 0.1) is 0 Å². The first-order valence-electron chi connectivity index (χ1n) is 8.85. The molecule has 6 nitrogen and oxygen atoms in total. The van der Waals surface area contributed by atoms with Gasteiger partial charge in [0.25, 0.3) is 5.91 Å². The number of sulfonamides is 1. The summed E-state index contributed by atoms with van der Waals surface area (Å²) in [5, 5.41) is 2.89. The summed E-state index contributed by atoms with van der Waals surface area (Å²) in [7, 11) is -1.84. The standard InChI is InChI=1S/C20H26N2O4S/c1-4-26-19-10-6-5-8-16(19)9-7-15-21-20(23)17-11-13-18(14-12-17)22(2)27(3,24)25/h5-6,8,10-14H,4,7,9,15H2,1-3H3,(H,21,23). The van der Waals surface area contributed by atoms with Crippen LogP contribution < -0.4 is 14.4 Å². The summed E-state index contributed by atoms with van der Waals surface area (Å²) in [5.74, 6) is 0.707. The summed E-state index contributed by atoms with van der Waals surface area (Å²) in [6.45, 7) is 3.12. The van der Waals surface area contributed by atoms with Gasteiger partial charge in [-0.2, -0.15) is 0 Å². The van der Waals surface area contributed by atoms with Crippen LogP contribution in [0.1, 0.15) is 29.3 Å².